The molecule has 0 aliphatic rings. The van der Waals surface area contributed by atoms with Gasteiger partial charge >= 0.3 is 0 Å². The SMILES string of the molecule is COc1ccc(S(=O)(=O)NCCC(=O)Nc2ccc3oc(C)nc3c2)cc1OC. The number of aromatic nitrogens is 1. The number of ether oxygens (including phenoxy) is 2. The second kappa shape index (κ2) is 8.50. The average Bonchev–Trinajstić information content (AvgIpc) is 3.06. The molecule has 2 N–H and O–H groups in total. The van der Waals surface area contributed by atoms with Crippen LogP contribution in [-0.4, -0.2) is 40.1 Å². The molecule has 2 aromatic carbocycles. The number of carbonyl (C=O) groups is 1. The number of carbonyl (C=O) groups excluding carboxylic acids is 1. The Labute approximate surface area is 168 Å². The van der Waals surface area contributed by atoms with Crippen LogP contribution in [0.15, 0.2) is 45.7 Å². The van der Waals surface area contributed by atoms with Crippen LogP contribution in [0, 0.1) is 6.92 Å². The van der Waals surface area contributed by atoms with E-state index in [0.29, 0.717) is 34.2 Å². The first-order valence-corrected chi connectivity index (χ1v) is 10.2. The molecule has 9 nitrogen and oxygen atoms in total. The number of nitrogens with zero attached hydrogens (tertiary/aromatic N) is 1. The summed E-state index contributed by atoms with van der Waals surface area (Å²) in [5.41, 5.74) is 1.82. The van der Waals surface area contributed by atoms with Crippen molar-refractivity contribution in [1.82, 2.24) is 9.71 Å². The molecule has 10 heteroatoms. The molecule has 1 heterocycles. The number of amides is 1. The van der Waals surface area contributed by atoms with E-state index in [4.69, 9.17) is 13.9 Å². The van der Waals surface area contributed by atoms with Crippen LogP contribution < -0.4 is 19.5 Å². The zero-order valence-corrected chi connectivity index (χ0v) is 17.0. The molecule has 0 saturated carbocycles. The molecule has 0 saturated heterocycles. The largest absolute Gasteiger partial charge is 0.493 e. The van der Waals surface area contributed by atoms with Gasteiger partial charge in [-0.1, -0.05) is 0 Å². The zero-order valence-electron chi connectivity index (χ0n) is 16.2. The van der Waals surface area contributed by atoms with Gasteiger partial charge < -0.3 is 19.2 Å². The number of methoxy groups -OCH3 is 2. The summed E-state index contributed by atoms with van der Waals surface area (Å²) < 4.78 is 42.9. The smallest absolute Gasteiger partial charge is 0.240 e. The summed E-state index contributed by atoms with van der Waals surface area (Å²) in [7, 11) is -0.917. The maximum absolute atomic E-state index is 12.4. The predicted molar refractivity (Wildman–Crippen MR) is 107 cm³/mol. The topological polar surface area (TPSA) is 120 Å². The highest BCUT2D eigenvalue weighted by Gasteiger charge is 2.17. The van der Waals surface area contributed by atoms with Crippen LogP contribution in [0.4, 0.5) is 5.69 Å². The third kappa shape index (κ3) is 4.84. The third-order valence-corrected chi connectivity index (χ3v) is 5.55. The van der Waals surface area contributed by atoms with E-state index >= 15 is 0 Å². The molecule has 1 amide bonds. The quantitative estimate of drug-likeness (QED) is 0.575. The van der Waals surface area contributed by atoms with Crippen molar-refractivity contribution in [2.24, 2.45) is 0 Å². The predicted octanol–water partition coefficient (Wildman–Crippen LogP) is 2.46. The first-order valence-electron chi connectivity index (χ1n) is 8.71. The van der Waals surface area contributed by atoms with Crippen LogP contribution in [0.25, 0.3) is 11.1 Å². The van der Waals surface area contributed by atoms with Gasteiger partial charge in [0.15, 0.2) is 23.0 Å². The number of benzene rings is 2. The van der Waals surface area contributed by atoms with Gasteiger partial charge in [-0.05, 0) is 30.3 Å². The molecule has 3 aromatic rings. The molecule has 0 spiro atoms. The van der Waals surface area contributed by atoms with Crippen LogP contribution in [0.5, 0.6) is 11.5 Å². The lowest BCUT2D eigenvalue weighted by Gasteiger charge is -2.11. The number of sulfonamides is 1. The molecule has 0 fully saturated rings. The van der Waals surface area contributed by atoms with E-state index in [9.17, 15) is 13.2 Å². The van der Waals surface area contributed by atoms with Gasteiger partial charge in [-0.3, -0.25) is 4.79 Å². The van der Waals surface area contributed by atoms with Gasteiger partial charge in [0.2, 0.25) is 15.9 Å². The number of hydrogen-bond acceptors (Lipinski definition) is 7. The molecular weight excluding hydrogens is 398 g/mol. The fraction of sp³-hybridized carbons (Fsp3) is 0.263. The average molecular weight is 419 g/mol. The van der Waals surface area contributed by atoms with Crippen molar-refractivity contribution in [3.05, 3.63) is 42.3 Å². The summed E-state index contributed by atoms with van der Waals surface area (Å²) in [4.78, 5) is 16.4. The standard InChI is InChI=1S/C19H21N3O6S/c1-12-21-15-10-13(4-6-16(15)28-12)22-19(23)8-9-20-29(24,25)14-5-7-17(26-2)18(11-14)27-3/h4-7,10-11,20H,8-9H2,1-3H3,(H,22,23). The highest BCUT2D eigenvalue weighted by molar-refractivity contribution is 7.89. The molecule has 3 rings (SSSR count). The van der Waals surface area contributed by atoms with E-state index in [-0.39, 0.29) is 23.8 Å². The lowest BCUT2D eigenvalue weighted by molar-refractivity contribution is -0.116. The Hall–Kier alpha value is -3.11. The van der Waals surface area contributed by atoms with Gasteiger partial charge in [0.05, 0.1) is 19.1 Å². The van der Waals surface area contributed by atoms with Gasteiger partial charge in [0.1, 0.15) is 5.52 Å². The van der Waals surface area contributed by atoms with Crippen LogP contribution in [0.2, 0.25) is 0 Å². The third-order valence-electron chi connectivity index (χ3n) is 4.09. The van der Waals surface area contributed by atoms with Gasteiger partial charge in [-0.25, -0.2) is 18.1 Å². The molecule has 154 valence electrons. The lowest BCUT2D eigenvalue weighted by atomic mass is 10.2. The summed E-state index contributed by atoms with van der Waals surface area (Å²) in [6.07, 6.45) is -0.0393. The number of nitrogens with one attached hydrogen (secondary N) is 2. The Bertz CT molecular complexity index is 1140. The minimum atomic E-state index is -3.80. The van der Waals surface area contributed by atoms with E-state index in [0.717, 1.165) is 0 Å². The number of rotatable bonds is 8. The summed E-state index contributed by atoms with van der Waals surface area (Å²) in [5, 5.41) is 2.71. The maximum atomic E-state index is 12.4. The molecule has 0 aliphatic carbocycles. The number of anilines is 1. The zero-order chi connectivity index (χ0) is 21.0. The van der Waals surface area contributed by atoms with Crippen molar-refractivity contribution >= 4 is 32.7 Å². The fourth-order valence-corrected chi connectivity index (χ4v) is 3.76. The van der Waals surface area contributed by atoms with Gasteiger partial charge in [0.25, 0.3) is 0 Å². The maximum Gasteiger partial charge on any atom is 0.240 e. The van der Waals surface area contributed by atoms with Crippen LogP contribution in [-0.2, 0) is 14.8 Å². The van der Waals surface area contributed by atoms with Crippen molar-refractivity contribution in [1.29, 1.82) is 0 Å². The van der Waals surface area contributed by atoms with E-state index in [1.165, 1.54) is 32.4 Å². The van der Waals surface area contributed by atoms with Gasteiger partial charge in [0, 0.05) is 31.6 Å². The molecule has 0 unspecified atom stereocenters. The Kier molecular flexibility index (Phi) is 6.04. The highest BCUT2D eigenvalue weighted by atomic mass is 32.2. The first-order chi connectivity index (χ1) is 13.8. The van der Waals surface area contributed by atoms with Crippen molar-refractivity contribution in [3.8, 4) is 11.5 Å². The molecule has 0 atom stereocenters. The molecule has 29 heavy (non-hydrogen) atoms. The molecule has 1 aromatic heterocycles. The Morgan fingerprint density at radius 3 is 2.59 bits per heavy atom. The number of aryl methyl sites for hydroxylation is 1. The van der Waals surface area contributed by atoms with Crippen LogP contribution in [0.3, 0.4) is 0 Å². The van der Waals surface area contributed by atoms with E-state index in [2.05, 4.69) is 15.0 Å². The van der Waals surface area contributed by atoms with Crippen molar-refractivity contribution in [2.75, 3.05) is 26.1 Å². The normalized spacial score (nSPS) is 11.4. The molecule has 0 radical (unpaired) electrons. The number of fused-ring (bicyclic) bond motifs is 1. The van der Waals surface area contributed by atoms with Crippen LogP contribution in [0.1, 0.15) is 12.3 Å². The molecule has 0 aliphatic heterocycles. The number of hydrogen-bond donors (Lipinski definition) is 2. The molecular formula is C19H21N3O6S. The van der Waals surface area contributed by atoms with E-state index < -0.39 is 10.0 Å². The Morgan fingerprint density at radius 1 is 1.10 bits per heavy atom. The monoisotopic (exact) mass is 419 g/mol. The van der Waals surface area contributed by atoms with E-state index in [1.807, 2.05) is 0 Å². The Balaban J connectivity index is 1.58. The second-order valence-electron chi connectivity index (χ2n) is 6.13. The van der Waals surface area contributed by atoms with Crippen molar-refractivity contribution in [2.45, 2.75) is 18.2 Å². The van der Waals surface area contributed by atoms with Crippen molar-refractivity contribution < 1.29 is 27.1 Å². The van der Waals surface area contributed by atoms with Crippen molar-refractivity contribution in [3.63, 3.8) is 0 Å². The minimum Gasteiger partial charge on any atom is -0.493 e. The van der Waals surface area contributed by atoms with Gasteiger partial charge in [-0.2, -0.15) is 0 Å². The summed E-state index contributed by atoms with van der Waals surface area (Å²) in [6, 6.07) is 9.36. The highest BCUT2D eigenvalue weighted by Crippen LogP contribution is 2.29. The Morgan fingerprint density at radius 2 is 1.86 bits per heavy atom. The summed E-state index contributed by atoms with van der Waals surface area (Å²) >= 11 is 0. The lowest BCUT2D eigenvalue weighted by Crippen LogP contribution is -2.27. The minimum absolute atomic E-state index is 0.0161. The number of oxazole rings is 1. The van der Waals surface area contributed by atoms with E-state index in [1.54, 1.807) is 25.1 Å². The van der Waals surface area contributed by atoms with Gasteiger partial charge in [-0.15, -0.1) is 0 Å². The summed E-state index contributed by atoms with van der Waals surface area (Å²) in [6.45, 7) is 1.68. The second-order valence-corrected chi connectivity index (χ2v) is 7.90. The molecule has 0 bridgehead atoms. The fourth-order valence-electron chi connectivity index (χ4n) is 2.71. The summed E-state index contributed by atoms with van der Waals surface area (Å²) in [5.74, 6) is 0.921. The van der Waals surface area contributed by atoms with Crippen LogP contribution >= 0.6 is 0 Å². The first kappa shape index (κ1) is 20.6.